The van der Waals surface area contributed by atoms with E-state index in [2.05, 4.69) is 4.98 Å². The molecule has 8 heteroatoms. The van der Waals surface area contributed by atoms with Crippen LogP contribution in [0.1, 0.15) is 22.3 Å². The van der Waals surface area contributed by atoms with Crippen molar-refractivity contribution >= 4 is 34.1 Å². The van der Waals surface area contributed by atoms with Gasteiger partial charge in [-0.15, -0.1) is 0 Å². The summed E-state index contributed by atoms with van der Waals surface area (Å²) in [7, 11) is 1.50. The number of aryl methyl sites for hydroxylation is 1. The minimum atomic E-state index is -0.646. The summed E-state index contributed by atoms with van der Waals surface area (Å²) in [6.45, 7) is 0.587. The summed E-state index contributed by atoms with van der Waals surface area (Å²) in [5.41, 5.74) is 1.65. The number of halogens is 1. The van der Waals surface area contributed by atoms with Crippen LogP contribution in [-0.4, -0.2) is 29.1 Å². The predicted molar refractivity (Wildman–Crippen MR) is 128 cm³/mol. The van der Waals surface area contributed by atoms with Crippen LogP contribution in [0.4, 0.5) is 5.69 Å². The molecule has 0 aliphatic carbocycles. The minimum absolute atomic E-state index is 0.142. The second-order valence-electron chi connectivity index (χ2n) is 7.84. The van der Waals surface area contributed by atoms with Crippen LogP contribution in [-0.2, 0) is 6.42 Å². The molecule has 5 rings (SSSR count). The first kappa shape index (κ1) is 21.0. The molecular weight excluding hydrogens is 442 g/mol. The SMILES string of the molecule is COc1ccc2[nH]c(=O)n(-c3cc(C(=O)N4CCCc5ccccc54)ccc3Cl)c(=O)c2c1. The lowest BCUT2D eigenvalue weighted by Gasteiger charge is -2.29. The van der Waals surface area contributed by atoms with Gasteiger partial charge in [-0.1, -0.05) is 29.8 Å². The van der Waals surface area contributed by atoms with Gasteiger partial charge >= 0.3 is 5.69 Å². The lowest BCUT2D eigenvalue weighted by molar-refractivity contribution is 0.0985. The van der Waals surface area contributed by atoms with Crippen molar-refractivity contribution in [3.63, 3.8) is 0 Å². The van der Waals surface area contributed by atoms with Crippen LogP contribution >= 0.6 is 11.6 Å². The van der Waals surface area contributed by atoms with Crippen molar-refractivity contribution in [2.75, 3.05) is 18.6 Å². The molecule has 0 saturated heterocycles. The van der Waals surface area contributed by atoms with E-state index in [0.29, 0.717) is 23.4 Å². The Morgan fingerprint density at radius 3 is 2.67 bits per heavy atom. The average molecular weight is 462 g/mol. The van der Waals surface area contributed by atoms with Gasteiger partial charge in [-0.25, -0.2) is 9.36 Å². The number of aromatic nitrogens is 2. The number of hydrogen-bond donors (Lipinski definition) is 1. The zero-order valence-electron chi connectivity index (χ0n) is 17.8. The highest BCUT2D eigenvalue weighted by Crippen LogP contribution is 2.29. The van der Waals surface area contributed by atoms with E-state index in [0.717, 1.165) is 28.7 Å². The van der Waals surface area contributed by atoms with Gasteiger partial charge in [0.05, 0.1) is 28.7 Å². The molecule has 0 radical (unpaired) electrons. The highest BCUT2D eigenvalue weighted by atomic mass is 35.5. The Kier molecular flexibility index (Phi) is 5.26. The maximum Gasteiger partial charge on any atom is 0.333 e. The van der Waals surface area contributed by atoms with Crippen LogP contribution in [0.5, 0.6) is 5.75 Å². The molecule has 0 unspecified atom stereocenters. The molecule has 33 heavy (non-hydrogen) atoms. The Bertz CT molecular complexity index is 1520. The van der Waals surface area contributed by atoms with E-state index in [1.165, 1.54) is 19.2 Å². The Labute approximate surface area is 193 Å². The summed E-state index contributed by atoms with van der Waals surface area (Å²) in [6, 6.07) is 17.3. The first-order chi connectivity index (χ1) is 16.0. The standard InChI is InChI=1S/C25H20ClN3O4/c1-33-17-9-11-20-18(14-17)24(31)29(25(32)27-20)22-13-16(8-10-19(22)26)23(30)28-12-4-6-15-5-2-3-7-21(15)28/h2-3,5,7-11,13-14H,4,6,12H2,1H3,(H,27,32). The zero-order chi connectivity index (χ0) is 23.1. The molecule has 1 aliphatic heterocycles. The van der Waals surface area contributed by atoms with Crippen LogP contribution < -0.4 is 20.9 Å². The molecule has 7 nitrogen and oxygen atoms in total. The molecule has 0 atom stereocenters. The lowest BCUT2D eigenvalue weighted by Crippen LogP contribution is -2.36. The third kappa shape index (κ3) is 3.60. The van der Waals surface area contributed by atoms with Crippen LogP contribution in [0.25, 0.3) is 16.6 Å². The van der Waals surface area contributed by atoms with Crippen molar-refractivity contribution in [2.45, 2.75) is 12.8 Å². The first-order valence-corrected chi connectivity index (χ1v) is 10.9. The van der Waals surface area contributed by atoms with E-state index in [4.69, 9.17) is 16.3 Å². The number of anilines is 1. The second-order valence-corrected chi connectivity index (χ2v) is 8.24. The van der Waals surface area contributed by atoms with Gasteiger partial charge in [0.1, 0.15) is 5.75 Å². The predicted octanol–water partition coefficient (Wildman–Crippen LogP) is 3.93. The third-order valence-corrected chi connectivity index (χ3v) is 6.21. The van der Waals surface area contributed by atoms with E-state index in [-0.39, 0.29) is 22.0 Å². The number of rotatable bonds is 3. The van der Waals surface area contributed by atoms with Crippen molar-refractivity contribution in [1.82, 2.24) is 9.55 Å². The van der Waals surface area contributed by atoms with E-state index in [9.17, 15) is 14.4 Å². The number of nitrogens with one attached hydrogen (secondary N) is 1. The number of methoxy groups -OCH3 is 1. The average Bonchev–Trinajstić information content (AvgIpc) is 2.84. The van der Waals surface area contributed by atoms with Gasteiger partial charge in [0.15, 0.2) is 0 Å². The number of nitrogens with zero attached hydrogens (tertiary/aromatic N) is 2. The van der Waals surface area contributed by atoms with Gasteiger partial charge in [0.2, 0.25) is 0 Å². The number of ether oxygens (including phenoxy) is 1. The van der Waals surface area contributed by atoms with Crippen LogP contribution in [0.2, 0.25) is 5.02 Å². The number of carbonyl (C=O) groups excluding carboxylic acids is 1. The molecule has 3 aromatic carbocycles. The fourth-order valence-corrected chi connectivity index (χ4v) is 4.46. The zero-order valence-corrected chi connectivity index (χ0v) is 18.6. The van der Waals surface area contributed by atoms with Crippen LogP contribution in [0.15, 0.2) is 70.3 Å². The molecule has 0 spiro atoms. The molecule has 166 valence electrons. The van der Waals surface area contributed by atoms with Gasteiger partial charge in [0.25, 0.3) is 11.5 Å². The highest BCUT2D eigenvalue weighted by Gasteiger charge is 2.24. The maximum absolute atomic E-state index is 13.4. The second kappa shape index (κ2) is 8.26. The quantitative estimate of drug-likeness (QED) is 0.501. The molecule has 1 aliphatic rings. The number of fused-ring (bicyclic) bond motifs is 2. The van der Waals surface area contributed by atoms with Crippen LogP contribution in [0, 0.1) is 0 Å². The van der Waals surface area contributed by atoms with Crippen molar-refractivity contribution < 1.29 is 9.53 Å². The van der Waals surface area contributed by atoms with Gasteiger partial charge in [-0.05, 0) is 60.9 Å². The Hall–Kier alpha value is -3.84. The summed E-state index contributed by atoms with van der Waals surface area (Å²) in [4.78, 5) is 43.9. The topological polar surface area (TPSA) is 84.4 Å². The van der Waals surface area contributed by atoms with Crippen molar-refractivity contribution in [3.05, 3.63) is 97.7 Å². The number of H-pyrrole nitrogens is 1. The monoisotopic (exact) mass is 461 g/mol. The first-order valence-electron chi connectivity index (χ1n) is 10.5. The Balaban J connectivity index is 1.64. The molecule has 0 bridgehead atoms. The molecule has 0 saturated carbocycles. The van der Waals surface area contributed by atoms with E-state index in [1.807, 2.05) is 24.3 Å². The van der Waals surface area contributed by atoms with E-state index in [1.54, 1.807) is 29.2 Å². The van der Waals surface area contributed by atoms with Crippen LogP contribution in [0.3, 0.4) is 0 Å². The minimum Gasteiger partial charge on any atom is -0.497 e. The smallest absolute Gasteiger partial charge is 0.333 e. The van der Waals surface area contributed by atoms with Gasteiger partial charge in [0, 0.05) is 17.8 Å². The molecular formula is C25H20ClN3O4. The normalized spacial score (nSPS) is 13.1. The van der Waals surface area contributed by atoms with Crippen molar-refractivity contribution in [3.8, 4) is 11.4 Å². The number of amides is 1. The van der Waals surface area contributed by atoms with Crippen molar-refractivity contribution in [2.24, 2.45) is 0 Å². The summed E-state index contributed by atoms with van der Waals surface area (Å²) in [5.74, 6) is 0.268. The summed E-state index contributed by atoms with van der Waals surface area (Å²) in [6.07, 6.45) is 1.77. The number of para-hydroxylation sites is 1. The Morgan fingerprint density at radius 1 is 1.03 bits per heavy atom. The van der Waals surface area contributed by atoms with Crippen molar-refractivity contribution in [1.29, 1.82) is 0 Å². The third-order valence-electron chi connectivity index (χ3n) is 5.89. The van der Waals surface area contributed by atoms with E-state index < -0.39 is 11.2 Å². The fraction of sp³-hybridized carbons (Fsp3) is 0.160. The molecule has 0 fully saturated rings. The number of aromatic amines is 1. The Morgan fingerprint density at radius 2 is 1.85 bits per heavy atom. The van der Waals surface area contributed by atoms with Gasteiger partial charge in [-0.3, -0.25) is 9.59 Å². The molecule has 1 N–H and O–H groups in total. The van der Waals surface area contributed by atoms with Gasteiger partial charge < -0.3 is 14.6 Å². The maximum atomic E-state index is 13.4. The largest absolute Gasteiger partial charge is 0.497 e. The molecule has 4 aromatic rings. The number of hydrogen-bond acceptors (Lipinski definition) is 4. The van der Waals surface area contributed by atoms with Gasteiger partial charge in [-0.2, -0.15) is 0 Å². The highest BCUT2D eigenvalue weighted by molar-refractivity contribution is 6.32. The number of carbonyl (C=O) groups is 1. The lowest BCUT2D eigenvalue weighted by atomic mass is 10.0. The molecule has 1 aromatic heterocycles. The molecule has 2 heterocycles. The summed E-state index contributed by atoms with van der Waals surface area (Å²) in [5, 5.41) is 0.451. The summed E-state index contributed by atoms with van der Waals surface area (Å²) < 4.78 is 6.16. The molecule has 1 amide bonds. The van der Waals surface area contributed by atoms with E-state index >= 15 is 0 Å². The number of benzene rings is 3. The fourth-order valence-electron chi connectivity index (χ4n) is 4.26. The summed E-state index contributed by atoms with van der Waals surface area (Å²) >= 11 is 6.39.